The van der Waals surface area contributed by atoms with Gasteiger partial charge in [0.15, 0.2) is 6.10 Å². The molecule has 0 aliphatic carbocycles. The third-order valence-electron chi connectivity index (χ3n) is 4.36. The molecule has 3 rings (SSSR count). The summed E-state index contributed by atoms with van der Waals surface area (Å²) in [5.74, 6) is 0.437. The molecule has 0 bridgehead atoms. The third kappa shape index (κ3) is 4.29. The zero-order valence-electron chi connectivity index (χ0n) is 15.1. The van der Waals surface area contributed by atoms with Gasteiger partial charge in [-0.25, -0.2) is 8.42 Å². The molecule has 0 radical (unpaired) electrons. The molecule has 27 heavy (non-hydrogen) atoms. The summed E-state index contributed by atoms with van der Waals surface area (Å²) in [6.45, 7) is 4.72. The highest BCUT2D eigenvalue weighted by Crippen LogP contribution is 2.31. The van der Waals surface area contributed by atoms with E-state index in [1.165, 1.54) is 15.6 Å². The molecular weight excluding hydrogens is 408 g/mol. The van der Waals surface area contributed by atoms with Crippen molar-refractivity contribution in [2.24, 2.45) is 0 Å². The first kappa shape index (κ1) is 20.1. The van der Waals surface area contributed by atoms with Gasteiger partial charge in [-0.15, -0.1) is 11.3 Å². The number of ether oxygens (including phenoxy) is 1. The van der Waals surface area contributed by atoms with Crippen molar-refractivity contribution in [2.75, 3.05) is 13.1 Å². The number of hydrogen-bond donors (Lipinski definition) is 1. The van der Waals surface area contributed by atoms with Crippen molar-refractivity contribution in [1.29, 1.82) is 0 Å². The highest BCUT2D eigenvalue weighted by molar-refractivity contribution is 7.91. The Hall–Kier alpha value is -1.61. The fraction of sp³-hybridized carbons (Fsp3) is 0.389. The average Bonchev–Trinajstić information content (AvgIpc) is 3.27. The molecule has 0 unspecified atom stereocenters. The number of benzene rings is 1. The van der Waals surface area contributed by atoms with Crippen LogP contribution in [0, 0.1) is 0 Å². The van der Waals surface area contributed by atoms with Crippen LogP contribution in [-0.2, 0) is 27.8 Å². The highest BCUT2D eigenvalue weighted by atomic mass is 35.5. The first-order chi connectivity index (χ1) is 12.8. The number of rotatable bonds is 7. The van der Waals surface area contributed by atoms with Crippen LogP contribution in [0.1, 0.15) is 24.3 Å². The number of thiophene rings is 1. The minimum atomic E-state index is -3.47. The number of carbonyl (C=O) groups is 1. The quantitative estimate of drug-likeness (QED) is 0.735. The van der Waals surface area contributed by atoms with Crippen molar-refractivity contribution in [1.82, 2.24) is 9.62 Å². The van der Waals surface area contributed by atoms with Crippen molar-refractivity contribution >= 4 is 38.9 Å². The van der Waals surface area contributed by atoms with E-state index in [2.05, 4.69) is 5.32 Å². The van der Waals surface area contributed by atoms with Crippen LogP contribution in [0.4, 0.5) is 0 Å². The molecular formula is C18H21ClN2O4S2. The van der Waals surface area contributed by atoms with Crippen LogP contribution in [0.15, 0.2) is 34.5 Å². The Morgan fingerprint density at radius 1 is 1.30 bits per heavy atom. The fourth-order valence-corrected chi connectivity index (χ4v) is 6.04. The average molecular weight is 429 g/mol. The van der Waals surface area contributed by atoms with Gasteiger partial charge in [0, 0.05) is 29.4 Å². The summed E-state index contributed by atoms with van der Waals surface area (Å²) in [6, 6.07) is 8.60. The van der Waals surface area contributed by atoms with Crippen molar-refractivity contribution in [3.8, 4) is 5.75 Å². The number of amides is 1. The van der Waals surface area contributed by atoms with E-state index in [0.29, 0.717) is 30.3 Å². The lowest BCUT2D eigenvalue weighted by Gasteiger charge is -2.16. The summed E-state index contributed by atoms with van der Waals surface area (Å²) in [7, 11) is -3.47. The van der Waals surface area contributed by atoms with Crippen LogP contribution in [0.5, 0.6) is 5.75 Å². The minimum absolute atomic E-state index is 0.233. The fourth-order valence-electron chi connectivity index (χ4n) is 2.93. The summed E-state index contributed by atoms with van der Waals surface area (Å²) in [4.78, 5) is 13.2. The van der Waals surface area contributed by atoms with E-state index in [4.69, 9.17) is 16.3 Å². The second kappa shape index (κ2) is 8.18. The van der Waals surface area contributed by atoms with Crippen molar-refractivity contribution in [3.05, 3.63) is 45.8 Å². The van der Waals surface area contributed by atoms with Crippen molar-refractivity contribution in [3.63, 3.8) is 0 Å². The second-order valence-electron chi connectivity index (χ2n) is 6.09. The Kier molecular flexibility index (Phi) is 6.10. The van der Waals surface area contributed by atoms with Gasteiger partial charge in [0.05, 0.1) is 6.54 Å². The molecule has 1 amide bonds. The van der Waals surface area contributed by atoms with Crippen LogP contribution in [0.2, 0.25) is 5.02 Å². The maximum atomic E-state index is 12.5. The molecule has 9 heteroatoms. The number of sulfonamides is 1. The van der Waals surface area contributed by atoms with Gasteiger partial charge in [0.2, 0.25) is 0 Å². The lowest BCUT2D eigenvalue weighted by atomic mass is 10.1. The molecule has 0 saturated heterocycles. The Balaban J connectivity index is 1.60. The molecule has 2 heterocycles. The smallest absolute Gasteiger partial charge is 0.261 e. The largest absolute Gasteiger partial charge is 0.480 e. The lowest BCUT2D eigenvalue weighted by Crippen LogP contribution is -2.36. The maximum Gasteiger partial charge on any atom is 0.261 e. The number of halogens is 1. The molecule has 1 aromatic carbocycles. The van der Waals surface area contributed by atoms with Crippen molar-refractivity contribution in [2.45, 2.75) is 37.1 Å². The third-order valence-corrected chi connectivity index (χ3v) is 8.20. The molecule has 1 N–H and O–H groups in total. The molecule has 0 spiro atoms. The molecule has 6 nitrogen and oxygen atoms in total. The van der Waals surface area contributed by atoms with Gasteiger partial charge in [-0.2, -0.15) is 4.31 Å². The molecule has 1 aliphatic heterocycles. The molecule has 2 aromatic rings. The summed E-state index contributed by atoms with van der Waals surface area (Å²) >= 11 is 7.14. The summed E-state index contributed by atoms with van der Waals surface area (Å²) in [5.41, 5.74) is 0.909. The van der Waals surface area contributed by atoms with Gasteiger partial charge in [0.1, 0.15) is 9.96 Å². The lowest BCUT2D eigenvalue weighted by molar-refractivity contribution is -0.127. The van der Waals surface area contributed by atoms with Crippen LogP contribution in [-0.4, -0.2) is 37.8 Å². The first-order valence-electron chi connectivity index (χ1n) is 8.66. The predicted octanol–water partition coefficient (Wildman–Crippen LogP) is 3.05. The molecule has 1 aliphatic rings. The number of fused-ring (bicyclic) bond motifs is 1. The van der Waals surface area contributed by atoms with Gasteiger partial charge in [-0.05, 0) is 35.9 Å². The molecule has 0 fully saturated rings. The summed E-state index contributed by atoms with van der Waals surface area (Å²) in [6.07, 6.45) is -0.134. The number of nitrogens with zero attached hydrogens (tertiary/aromatic N) is 1. The topological polar surface area (TPSA) is 75.7 Å². The molecule has 146 valence electrons. The zero-order valence-corrected chi connectivity index (χ0v) is 17.5. The van der Waals surface area contributed by atoms with E-state index in [9.17, 15) is 13.2 Å². The summed E-state index contributed by atoms with van der Waals surface area (Å²) < 4.78 is 32.4. The molecule has 1 atom stereocenters. The number of nitrogens with one attached hydrogen (secondary N) is 1. The molecule has 1 aromatic heterocycles. The van der Waals surface area contributed by atoms with Crippen LogP contribution >= 0.6 is 22.9 Å². The van der Waals surface area contributed by atoms with E-state index in [-0.39, 0.29) is 16.7 Å². The minimum Gasteiger partial charge on any atom is -0.480 e. The van der Waals surface area contributed by atoms with E-state index >= 15 is 0 Å². The number of hydrogen-bond acceptors (Lipinski definition) is 5. The zero-order chi connectivity index (χ0) is 19.6. The Bertz CT molecular complexity index is 939. The monoisotopic (exact) mass is 428 g/mol. The Morgan fingerprint density at radius 2 is 2.04 bits per heavy atom. The summed E-state index contributed by atoms with van der Waals surface area (Å²) in [5, 5.41) is 3.43. The number of carbonyl (C=O) groups excluding carboxylic acids is 1. The van der Waals surface area contributed by atoms with E-state index < -0.39 is 16.1 Å². The van der Waals surface area contributed by atoms with Gasteiger partial charge < -0.3 is 10.1 Å². The van der Waals surface area contributed by atoms with Gasteiger partial charge >= 0.3 is 0 Å². The predicted molar refractivity (Wildman–Crippen MR) is 106 cm³/mol. The second-order valence-corrected chi connectivity index (χ2v) is 9.86. The standard InChI is InChI=1S/C18H21ClN2O4S2/c1-3-21(4-2)27(23,24)17-8-6-14(26-17)11-20-18(22)16-10-12-9-13(19)5-7-15(12)25-16/h5-9,16H,3-4,10-11H2,1-2H3,(H,20,22)/t16-/m0/s1. The van der Waals surface area contributed by atoms with E-state index in [0.717, 1.165) is 10.4 Å². The van der Waals surface area contributed by atoms with Gasteiger partial charge in [0.25, 0.3) is 15.9 Å². The normalized spacial score (nSPS) is 16.2. The Labute approximate surface area is 168 Å². The Morgan fingerprint density at radius 3 is 2.74 bits per heavy atom. The van der Waals surface area contributed by atoms with Crippen LogP contribution < -0.4 is 10.1 Å². The van der Waals surface area contributed by atoms with E-state index in [1.54, 1.807) is 30.3 Å². The van der Waals surface area contributed by atoms with Crippen molar-refractivity contribution < 1.29 is 17.9 Å². The van der Waals surface area contributed by atoms with Gasteiger partial charge in [-0.3, -0.25) is 4.79 Å². The SMILES string of the molecule is CCN(CC)S(=O)(=O)c1ccc(CNC(=O)[C@@H]2Cc3cc(Cl)ccc3O2)s1. The maximum absolute atomic E-state index is 12.5. The van der Waals surface area contributed by atoms with Gasteiger partial charge in [-0.1, -0.05) is 25.4 Å². The van der Waals surface area contributed by atoms with Crippen LogP contribution in [0.25, 0.3) is 0 Å². The molecule has 0 saturated carbocycles. The van der Waals surface area contributed by atoms with Crippen LogP contribution in [0.3, 0.4) is 0 Å². The van der Waals surface area contributed by atoms with E-state index in [1.807, 2.05) is 13.8 Å². The first-order valence-corrected chi connectivity index (χ1v) is 11.3. The highest BCUT2D eigenvalue weighted by Gasteiger charge is 2.29.